The van der Waals surface area contributed by atoms with Gasteiger partial charge in [0.15, 0.2) is 5.82 Å². The van der Waals surface area contributed by atoms with Crippen LogP contribution >= 0.6 is 11.6 Å². The van der Waals surface area contributed by atoms with Crippen molar-refractivity contribution in [3.63, 3.8) is 0 Å². The summed E-state index contributed by atoms with van der Waals surface area (Å²) in [6.45, 7) is 9.98. The van der Waals surface area contributed by atoms with Crippen LogP contribution in [-0.4, -0.2) is 67.4 Å². The van der Waals surface area contributed by atoms with Gasteiger partial charge < -0.3 is 14.5 Å². The molecule has 11 nitrogen and oxygen atoms in total. The maximum atomic E-state index is 13.9. The Morgan fingerprint density at radius 3 is 2.53 bits per heavy atom. The summed E-state index contributed by atoms with van der Waals surface area (Å²) in [7, 11) is 3.59. The van der Waals surface area contributed by atoms with Crippen molar-refractivity contribution in [1.29, 1.82) is 0 Å². The zero-order valence-electron chi connectivity index (χ0n) is 25.4. The van der Waals surface area contributed by atoms with Crippen molar-refractivity contribution >= 4 is 35.2 Å². The number of ether oxygens (including phenoxy) is 1. The first kappa shape index (κ1) is 30.0. The van der Waals surface area contributed by atoms with Crippen LogP contribution in [0, 0.1) is 0 Å². The minimum Gasteiger partial charge on any atom is -0.444 e. The lowest BCUT2D eigenvalue weighted by Crippen LogP contribution is -2.34. The number of aromatic nitrogens is 5. The standard InChI is InChI=1S/C31H35ClN8O3/c1-19(2)38(7)27-15-20-21(24(35-27)17-37(6)30(42)43-31(3,4)5)16-39(29(20)41)26-14-10-12-23(34-26)28-36-33-18-40(28)25-13-9-8-11-22(25)32/h8-15,18-19H,16-17H2,1-7H3. The van der Waals surface area contributed by atoms with Gasteiger partial charge in [0.1, 0.15) is 29.3 Å². The lowest BCUT2D eigenvalue weighted by molar-refractivity contribution is 0.0282. The van der Waals surface area contributed by atoms with Gasteiger partial charge in [-0.15, -0.1) is 10.2 Å². The fourth-order valence-electron chi connectivity index (χ4n) is 4.67. The van der Waals surface area contributed by atoms with Crippen LogP contribution in [0.4, 0.5) is 16.4 Å². The molecule has 1 aliphatic rings. The number of halogens is 1. The van der Waals surface area contributed by atoms with E-state index in [1.807, 2.05) is 83.0 Å². The van der Waals surface area contributed by atoms with Crippen LogP contribution in [0.5, 0.6) is 0 Å². The van der Waals surface area contributed by atoms with Crippen molar-refractivity contribution in [2.45, 2.75) is 59.4 Å². The lowest BCUT2D eigenvalue weighted by Gasteiger charge is -2.26. The number of rotatable bonds is 7. The second-order valence-electron chi connectivity index (χ2n) is 11.7. The number of para-hydroxylation sites is 1. The Kier molecular flexibility index (Phi) is 8.11. The van der Waals surface area contributed by atoms with Gasteiger partial charge in [0, 0.05) is 25.7 Å². The quantitative estimate of drug-likeness (QED) is 0.263. The molecule has 12 heteroatoms. The van der Waals surface area contributed by atoms with Crippen molar-refractivity contribution in [1.82, 2.24) is 29.6 Å². The van der Waals surface area contributed by atoms with E-state index in [2.05, 4.69) is 10.2 Å². The number of carbonyl (C=O) groups excluding carboxylic acids is 2. The van der Waals surface area contributed by atoms with E-state index in [1.165, 1.54) is 4.90 Å². The van der Waals surface area contributed by atoms with E-state index in [-0.39, 0.29) is 25.0 Å². The average molecular weight is 603 g/mol. The van der Waals surface area contributed by atoms with Crippen LogP contribution in [0.15, 0.2) is 54.9 Å². The van der Waals surface area contributed by atoms with Gasteiger partial charge in [0.2, 0.25) is 0 Å². The highest BCUT2D eigenvalue weighted by Gasteiger charge is 2.34. The van der Waals surface area contributed by atoms with E-state index in [0.29, 0.717) is 45.1 Å². The van der Waals surface area contributed by atoms with Crippen LogP contribution in [0.3, 0.4) is 0 Å². The van der Waals surface area contributed by atoms with Gasteiger partial charge in [-0.25, -0.2) is 14.8 Å². The van der Waals surface area contributed by atoms with Gasteiger partial charge in [0.05, 0.1) is 35.1 Å². The number of benzene rings is 1. The minimum absolute atomic E-state index is 0.142. The molecule has 0 saturated carbocycles. The Hall–Kier alpha value is -4.51. The fourth-order valence-corrected chi connectivity index (χ4v) is 4.90. The van der Waals surface area contributed by atoms with Crippen LogP contribution in [0.2, 0.25) is 5.02 Å². The van der Waals surface area contributed by atoms with E-state index in [1.54, 1.807) is 35.0 Å². The molecule has 0 unspecified atom stereocenters. The first-order valence-electron chi connectivity index (χ1n) is 14.0. The number of carbonyl (C=O) groups is 2. The van der Waals surface area contributed by atoms with E-state index in [0.717, 1.165) is 5.56 Å². The van der Waals surface area contributed by atoms with Crippen molar-refractivity contribution < 1.29 is 14.3 Å². The largest absolute Gasteiger partial charge is 0.444 e. The molecule has 3 aromatic heterocycles. The van der Waals surface area contributed by atoms with Gasteiger partial charge in [0.25, 0.3) is 5.91 Å². The molecule has 0 N–H and O–H groups in total. The SMILES string of the molecule is CC(C)N(C)c1cc2c(c(CN(C)C(=O)OC(C)(C)C)n1)CN(c1cccc(-c3nncn3-c3ccccc3Cl)n1)C2=O. The molecule has 1 aromatic carbocycles. The number of nitrogens with zero attached hydrogens (tertiary/aromatic N) is 8. The molecule has 0 atom stereocenters. The Balaban J connectivity index is 1.50. The van der Waals surface area contributed by atoms with Crippen molar-refractivity contribution in [3.05, 3.63) is 76.7 Å². The maximum Gasteiger partial charge on any atom is 0.410 e. The molecular formula is C31H35ClN8O3. The third kappa shape index (κ3) is 6.17. The zero-order valence-corrected chi connectivity index (χ0v) is 26.1. The number of hydrogen-bond donors (Lipinski definition) is 0. The number of fused-ring (bicyclic) bond motifs is 1. The Labute approximate surface area is 256 Å². The monoisotopic (exact) mass is 602 g/mol. The molecule has 1 aliphatic heterocycles. The summed E-state index contributed by atoms with van der Waals surface area (Å²) in [6.07, 6.45) is 1.11. The predicted molar refractivity (Wildman–Crippen MR) is 166 cm³/mol. The van der Waals surface area contributed by atoms with Crippen molar-refractivity contribution in [2.24, 2.45) is 0 Å². The summed E-state index contributed by atoms with van der Waals surface area (Å²) < 4.78 is 7.32. The summed E-state index contributed by atoms with van der Waals surface area (Å²) >= 11 is 6.45. The Morgan fingerprint density at radius 1 is 1.09 bits per heavy atom. The van der Waals surface area contributed by atoms with Crippen LogP contribution in [0.25, 0.3) is 17.2 Å². The number of pyridine rings is 2. The minimum atomic E-state index is -0.639. The van der Waals surface area contributed by atoms with Gasteiger partial charge in [-0.05, 0) is 65.0 Å². The summed E-state index contributed by atoms with van der Waals surface area (Å²) in [6, 6.07) is 14.8. The molecule has 5 rings (SSSR count). The van der Waals surface area contributed by atoms with E-state index in [9.17, 15) is 9.59 Å². The third-order valence-corrected chi connectivity index (χ3v) is 7.44. The highest BCUT2D eigenvalue weighted by Crippen LogP contribution is 2.34. The molecule has 0 spiro atoms. The van der Waals surface area contributed by atoms with E-state index < -0.39 is 11.7 Å². The number of amides is 2. The molecule has 224 valence electrons. The molecule has 0 fully saturated rings. The van der Waals surface area contributed by atoms with E-state index in [4.69, 9.17) is 26.3 Å². The van der Waals surface area contributed by atoms with Crippen LogP contribution in [0.1, 0.15) is 56.2 Å². The highest BCUT2D eigenvalue weighted by atomic mass is 35.5. The van der Waals surface area contributed by atoms with Crippen LogP contribution in [-0.2, 0) is 17.8 Å². The van der Waals surface area contributed by atoms with Crippen molar-refractivity contribution in [2.75, 3.05) is 23.9 Å². The molecule has 0 radical (unpaired) electrons. The Morgan fingerprint density at radius 2 is 1.84 bits per heavy atom. The van der Waals surface area contributed by atoms with Crippen LogP contribution < -0.4 is 9.80 Å². The Bertz CT molecular complexity index is 1680. The zero-order chi connectivity index (χ0) is 31.1. The van der Waals surface area contributed by atoms with Crippen molar-refractivity contribution in [3.8, 4) is 17.2 Å². The molecule has 4 heterocycles. The summed E-state index contributed by atoms with van der Waals surface area (Å²) in [5.74, 6) is 1.39. The average Bonchev–Trinajstić information content (AvgIpc) is 3.57. The molecule has 0 saturated heterocycles. The van der Waals surface area contributed by atoms with Gasteiger partial charge in [-0.3, -0.25) is 14.3 Å². The summed E-state index contributed by atoms with van der Waals surface area (Å²) in [5.41, 5.74) is 2.50. The molecular weight excluding hydrogens is 568 g/mol. The van der Waals surface area contributed by atoms with Gasteiger partial charge in [-0.2, -0.15) is 0 Å². The van der Waals surface area contributed by atoms with E-state index >= 15 is 0 Å². The second-order valence-corrected chi connectivity index (χ2v) is 12.1. The first-order valence-corrected chi connectivity index (χ1v) is 14.4. The normalized spacial score (nSPS) is 13.0. The molecule has 4 aromatic rings. The molecule has 0 aliphatic carbocycles. The predicted octanol–water partition coefficient (Wildman–Crippen LogP) is 5.75. The third-order valence-electron chi connectivity index (χ3n) is 7.12. The lowest BCUT2D eigenvalue weighted by atomic mass is 10.1. The second kappa shape index (κ2) is 11.6. The topological polar surface area (TPSA) is 110 Å². The molecule has 0 bridgehead atoms. The summed E-state index contributed by atoms with van der Waals surface area (Å²) in [4.78, 5) is 41.5. The van der Waals surface area contributed by atoms with Gasteiger partial charge in [-0.1, -0.05) is 29.8 Å². The molecule has 2 amide bonds. The first-order chi connectivity index (χ1) is 20.3. The number of anilines is 2. The summed E-state index contributed by atoms with van der Waals surface area (Å²) in [5, 5.41) is 8.92. The number of hydrogen-bond acceptors (Lipinski definition) is 8. The maximum absolute atomic E-state index is 13.9. The fraction of sp³-hybridized carbons (Fsp3) is 0.355. The smallest absolute Gasteiger partial charge is 0.410 e. The van der Waals surface area contributed by atoms with Gasteiger partial charge >= 0.3 is 6.09 Å². The highest BCUT2D eigenvalue weighted by molar-refractivity contribution is 6.32. The molecule has 43 heavy (non-hydrogen) atoms.